The molecular formula is C19H24N2O4. The predicted octanol–water partition coefficient (Wildman–Crippen LogP) is 2.70. The second kappa shape index (κ2) is 8.37. The van der Waals surface area contributed by atoms with Gasteiger partial charge in [0.05, 0.1) is 13.4 Å². The van der Waals surface area contributed by atoms with Gasteiger partial charge in [-0.15, -0.1) is 0 Å². The topological polar surface area (TPSA) is 71.8 Å². The molecule has 25 heavy (non-hydrogen) atoms. The van der Waals surface area contributed by atoms with Gasteiger partial charge < -0.3 is 19.4 Å². The molecule has 0 aliphatic rings. The van der Waals surface area contributed by atoms with Crippen LogP contribution < -0.4 is 10.1 Å². The molecule has 1 aromatic carbocycles. The summed E-state index contributed by atoms with van der Waals surface area (Å²) in [6.45, 7) is 4.24. The Morgan fingerprint density at radius 3 is 2.40 bits per heavy atom. The maximum absolute atomic E-state index is 12.8. The number of methoxy groups -OCH3 is 1. The van der Waals surface area contributed by atoms with Gasteiger partial charge in [-0.25, -0.2) is 0 Å². The molecule has 0 saturated heterocycles. The van der Waals surface area contributed by atoms with E-state index in [2.05, 4.69) is 5.32 Å². The van der Waals surface area contributed by atoms with Gasteiger partial charge in [-0.2, -0.15) is 0 Å². The summed E-state index contributed by atoms with van der Waals surface area (Å²) in [4.78, 5) is 26.6. The van der Waals surface area contributed by atoms with E-state index in [1.165, 1.54) is 6.26 Å². The van der Waals surface area contributed by atoms with E-state index in [1.54, 1.807) is 31.2 Å². The molecular weight excluding hydrogens is 320 g/mol. The van der Waals surface area contributed by atoms with Crippen molar-refractivity contribution in [1.82, 2.24) is 10.2 Å². The second-order valence-corrected chi connectivity index (χ2v) is 6.21. The Labute approximate surface area is 147 Å². The molecule has 2 rings (SSSR count). The molecule has 0 saturated carbocycles. The Balaban J connectivity index is 2.03. The maximum atomic E-state index is 12.8. The third-order valence-corrected chi connectivity index (χ3v) is 3.92. The number of likely N-dealkylation sites (N-methyl/N-ethyl adjacent to an activating group) is 1. The fourth-order valence-corrected chi connectivity index (χ4v) is 2.45. The summed E-state index contributed by atoms with van der Waals surface area (Å²) in [6, 6.07) is 10.1. The number of rotatable bonds is 7. The van der Waals surface area contributed by atoms with Gasteiger partial charge in [-0.05, 0) is 35.7 Å². The molecule has 2 aromatic rings. The van der Waals surface area contributed by atoms with Crippen molar-refractivity contribution in [3.63, 3.8) is 0 Å². The van der Waals surface area contributed by atoms with E-state index in [4.69, 9.17) is 9.15 Å². The molecule has 1 unspecified atom stereocenters. The van der Waals surface area contributed by atoms with Crippen molar-refractivity contribution < 1.29 is 18.7 Å². The van der Waals surface area contributed by atoms with E-state index in [0.29, 0.717) is 6.54 Å². The third kappa shape index (κ3) is 4.86. The normalized spacial score (nSPS) is 11.9. The highest BCUT2D eigenvalue weighted by molar-refractivity contribution is 5.95. The quantitative estimate of drug-likeness (QED) is 0.838. The van der Waals surface area contributed by atoms with E-state index < -0.39 is 11.9 Å². The molecule has 0 bridgehead atoms. The van der Waals surface area contributed by atoms with Crippen molar-refractivity contribution in [2.45, 2.75) is 26.4 Å². The summed E-state index contributed by atoms with van der Waals surface area (Å²) in [6.07, 6.45) is 1.43. The molecule has 1 heterocycles. The predicted molar refractivity (Wildman–Crippen MR) is 94.3 cm³/mol. The molecule has 1 N–H and O–H groups in total. The van der Waals surface area contributed by atoms with Crippen LogP contribution in [0, 0.1) is 5.92 Å². The Bertz CT molecular complexity index is 693. The van der Waals surface area contributed by atoms with Gasteiger partial charge in [0.2, 0.25) is 5.91 Å². The smallest absolute Gasteiger partial charge is 0.287 e. The number of hydrogen-bond acceptors (Lipinski definition) is 4. The third-order valence-electron chi connectivity index (χ3n) is 3.92. The van der Waals surface area contributed by atoms with Gasteiger partial charge in [0.25, 0.3) is 5.91 Å². The van der Waals surface area contributed by atoms with Crippen molar-refractivity contribution >= 4 is 11.8 Å². The lowest BCUT2D eigenvalue weighted by atomic mass is 10.0. The van der Waals surface area contributed by atoms with Crippen LogP contribution in [-0.4, -0.2) is 36.9 Å². The summed E-state index contributed by atoms with van der Waals surface area (Å²) >= 11 is 0. The first-order valence-electron chi connectivity index (χ1n) is 8.14. The maximum Gasteiger partial charge on any atom is 0.287 e. The number of furan rings is 1. The Kier molecular flexibility index (Phi) is 6.22. The molecule has 1 aromatic heterocycles. The van der Waals surface area contributed by atoms with Crippen LogP contribution in [0.15, 0.2) is 47.1 Å². The van der Waals surface area contributed by atoms with Crippen molar-refractivity contribution in [3.05, 3.63) is 54.0 Å². The summed E-state index contributed by atoms with van der Waals surface area (Å²) < 4.78 is 10.2. The first-order valence-corrected chi connectivity index (χ1v) is 8.14. The van der Waals surface area contributed by atoms with E-state index >= 15 is 0 Å². The zero-order valence-electron chi connectivity index (χ0n) is 15.0. The van der Waals surface area contributed by atoms with Crippen LogP contribution in [-0.2, 0) is 11.3 Å². The molecule has 1 atom stereocenters. The van der Waals surface area contributed by atoms with Gasteiger partial charge in [0.1, 0.15) is 11.8 Å². The number of carbonyl (C=O) groups is 2. The average Bonchev–Trinajstić information content (AvgIpc) is 3.14. The van der Waals surface area contributed by atoms with E-state index in [1.807, 2.05) is 38.1 Å². The van der Waals surface area contributed by atoms with Gasteiger partial charge >= 0.3 is 0 Å². The van der Waals surface area contributed by atoms with Crippen LogP contribution in [0.3, 0.4) is 0 Å². The summed E-state index contributed by atoms with van der Waals surface area (Å²) in [7, 11) is 3.33. The molecule has 6 nitrogen and oxygen atoms in total. The van der Waals surface area contributed by atoms with Crippen LogP contribution in [0.2, 0.25) is 0 Å². The lowest BCUT2D eigenvalue weighted by molar-refractivity contribution is -0.133. The highest BCUT2D eigenvalue weighted by Gasteiger charge is 2.28. The summed E-state index contributed by atoms with van der Waals surface area (Å²) in [5.74, 6) is 0.366. The van der Waals surface area contributed by atoms with Crippen LogP contribution in [0.5, 0.6) is 5.75 Å². The second-order valence-electron chi connectivity index (χ2n) is 6.21. The number of nitrogens with zero attached hydrogens (tertiary/aromatic N) is 1. The molecule has 0 spiro atoms. The fourth-order valence-electron chi connectivity index (χ4n) is 2.45. The molecule has 134 valence electrons. The minimum Gasteiger partial charge on any atom is -0.497 e. The largest absolute Gasteiger partial charge is 0.497 e. The summed E-state index contributed by atoms with van der Waals surface area (Å²) in [5.41, 5.74) is 0.983. The number of carbonyl (C=O) groups excluding carboxylic acids is 2. The molecule has 0 aliphatic heterocycles. The first kappa shape index (κ1) is 18.6. The Hall–Kier alpha value is -2.76. The minimum absolute atomic E-state index is 0.0512. The zero-order chi connectivity index (χ0) is 18.4. The molecule has 6 heteroatoms. The fraction of sp³-hybridized carbons (Fsp3) is 0.368. The van der Waals surface area contributed by atoms with Gasteiger partial charge in [-0.3, -0.25) is 9.59 Å². The van der Waals surface area contributed by atoms with Crippen LogP contribution >= 0.6 is 0 Å². The number of hydrogen-bond donors (Lipinski definition) is 1. The highest BCUT2D eigenvalue weighted by atomic mass is 16.5. The van der Waals surface area contributed by atoms with Crippen molar-refractivity contribution in [1.29, 1.82) is 0 Å². The van der Waals surface area contributed by atoms with Crippen molar-refractivity contribution in [2.24, 2.45) is 5.92 Å². The first-order chi connectivity index (χ1) is 11.9. The summed E-state index contributed by atoms with van der Waals surface area (Å²) in [5, 5.41) is 2.76. The van der Waals surface area contributed by atoms with Gasteiger partial charge in [0, 0.05) is 13.6 Å². The molecule has 2 amide bonds. The van der Waals surface area contributed by atoms with E-state index in [9.17, 15) is 9.59 Å². The monoisotopic (exact) mass is 344 g/mol. The average molecular weight is 344 g/mol. The van der Waals surface area contributed by atoms with Crippen LogP contribution in [0.25, 0.3) is 0 Å². The number of benzene rings is 1. The Morgan fingerprint density at radius 1 is 1.20 bits per heavy atom. The van der Waals surface area contributed by atoms with Crippen LogP contribution in [0.4, 0.5) is 0 Å². The number of ether oxygens (including phenoxy) is 1. The minimum atomic E-state index is -0.624. The molecule has 0 radical (unpaired) electrons. The Morgan fingerprint density at radius 2 is 1.88 bits per heavy atom. The number of nitrogens with one attached hydrogen (secondary N) is 1. The van der Waals surface area contributed by atoms with Gasteiger partial charge in [-0.1, -0.05) is 26.0 Å². The van der Waals surface area contributed by atoms with Crippen molar-refractivity contribution in [3.8, 4) is 5.75 Å². The standard InChI is InChI=1S/C19H24N2O4/c1-13(2)17(20-18(22)16-6-5-11-25-16)19(23)21(3)12-14-7-9-15(24-4)10-8-14/h5-11,13,17H,12H2,1-4H3,(H,20,22). The number of amides is 2. The lowest BCUT2D eigenvalue weighted by Crippen LogP contribution is -2.49. The lowest BCUT2D eigenvalue weighted by Gasteiger charge is -2.27. The molecule has 0 fully saturated rings. The highest BCUT2D eigenvalue weighted by Crippen LogP contribution is 2.14. The SMILES string of the molecule is COc1ccc(CN(C)C(=O)C(NC(=O)c2ccco2)C(C)C)cc1. The van der Waals surface area contributed by atoms with Crippen molar-refractivity contribution in [2.75, 3.05) is 14.2 Å². The van der Waals surface area contributed by atoms with Gasteiger partial charge in [0.15, 0.2) is 5.76 Å². The zero-order valence-corrected chi connectivity index (χ0v) is 15.0. The van der Waals surface area contributed by atoms with E-state index in [-0.39, 0.29) is 17.6 Å². The van der Waals surface area contributed by atoms with Crippen LogP contribution in [0.1, 0.15) is 30.0 Å². The molecule has 0 aliphatic carbocycles. The van der Waals surface area contributed by atoms with E-state index in [0.717, 1.165) is 11.3 Å².